The molecule has 0 aliphatic heterocycles. The van der Waals surface area contributed by atoms with Gasteiger partial charge in [-0.1, -0.05) is 26.2 Å². The molecule has 11 heavy (non-hydrogen) atoms. The van der Waals surface area contributed by atoms with Crippen LogP contribution in [0.15, 0.2) is 0 Å². The first-order chi connectivity index (χ1) is 5.06. The van der Waals surface area contributed by atoms with Crippen molar-refractivity contribution >= 4 is 18.5 Å². The summed E-state index contributed by atoms with van der Waals surface area (Å²) in [6.07, 6.45) is 4.23. The van der Waals surface area contributed by atoms with Crippen LogP contribution in [0, 0.1) is 0 Å². The molecule has 0 aromatic rings. The summed E-state index contributed by atoms with van der Waals surface area (Å²) in [5.41, 5.74) is 0. The van der Waals surface area contributed by atoms with Gasteiger partial charge in [-0.05, 0) is 18.2 Å². The monoisotopic (exact) mass is 198 g/mol. The second-order valence-electron chi connectivity index (χ2n) is 2.38. The molecular formula is C6H15O3PS. The third-order valence-corrected chi connectivity index (χ3v) is 2.09. The highest BCUT2D eigenvalue weighted by molar-refractivity contribution is 8.06. The molecular weight excluding hydrogens is 183 g/mol. The molecule has 0 atom stereocenters. The SMILES string of the molecule is CCCCCCOP(O)(O)=S. The van der Waals surface area contributed by atoms with E-state index >= 15 is 0 Å². The van der Waals surface area contributed by atoms with Crippen molar-refractivity contribution in [3.8, 4) is 0 Å². The van der Waals surface area contributed by atoms with E-state index in [0.29, 0.717) is 6.61 Å². The van der Waals surface area contributed by atoms with Crippen LogP contribution in [0.1, 0.15) is 32.6 Å². The van der Waals surface area contributed by atoms with Gasteiger partial charge in [0.25, 0.3) is 0 Å². The van der Waals surface area contributed by atoms with E-state index in [4.69, 9.17) is 9.79 Å². The van der Waals surface area contributed by atoms with Crippen LogP contribution < -0.4 is 0 Å². The van der Waals surface area contributed by atoms with Gasteiger partial charge < -0.3 is 14.3 Å². The predicted octanol–water partition coefficient (Wildman–Crippen LogP) is 1.79. The Hall–Kier alpha value is 0.530. The van der Waals surface area contributed by atoms with Crippen LogP contribution in [0.3, 0.4) is 0 Å². The van der Waals surface area contributed by atoms with Crippen LogP contribution in [-0.4, -0.2) is 16.4 Å². The maximum absolute atomic E-state index is 8.63. The summed E-state index contributed by atoms with van der Waals surface area (Å²) in [5.74, 6) is 0. The van der Waals surface area contributed by atoms with E-state index in [1.807, 2.05) is 0 Å². The molecule has 0 aliphatic carbocycles. The number of hydrogen-bond acceptors (Lipinski definition) is 2. The molecule has 3 nitrogen and oxygen atoms in total. The third-order valence-electron chi connectivity index (χ3n) is 1.26. The van der Waals surface area contributed by atoms with Gasteiger partial charge in [0.15, 0.2) is 0 Å². The molecule has 0 aromatic carbocycles. The van der Waals surface area contributed by atoms with E-state index in [-0.39, 0.29) is 0 Å². The molecule has 0 rings (SSSR count). The van der Waals surface area contributed by atoms with E-state index in [1.165, 1.54) is 0 Å². The molecule has 0 amide bonds. The third kappa shape index (κ3) is 10.5. The van der Waals surface area contributed by atoms with Crippen LogP contribution in [0.5, 0.6) is 0 Å². The zero-order valence-electron chi connectivity index (χ0n) is 6.69. The zero-order chi connectivity index (χ0) is 8.74. The highest BCUT2D eigenvalue weighted by Gasteiger charge is 2.05. The van der Waals surface area contributed by atoms with Crippen LogP contribution in [0.25, 0.3) is 0 Å². The van der Waals surface area contributed by atoms with Gasteiger partial charge in [0.05, 0.1) is 6.61 Å². The van der Waals surface area contributed by atoms with Crippen molar-refractivity contribution in [2.24, 2.45) is 0 Å². The lowest BCUT2D eigenvalue weighted by atomic mass is 10.2. The van der Waals surface area contributed by atoms with Crippen LogP contribution in [0.4, 0.5) is 0 Å². The highest BCUT2D eigenvalue weighted by Crippen LogP contribution is 2.36. The summed E-state index contributed by atoms with van der Waals surface area (Å²) in [6, 6.07) is 0. The van der Waals surface area contributed by atoms with Crippen molar-refractivity contribution in [2.75, 3.05) is 6.61 Å². The Morgan fingerprint density at radius 2 is 1.91 bits per heavy atom. The average Bonchev–Trinajstić information content (AvgIpc) is 1.85. The van der Waals surface area contributed by atoms with Gasteiger partial charge in [-0.25, -0.2) is 0 Å². The molecule has 0 fully saturated rings. The fraction of sp³-hybridized carbons (Fsp3) is 1.00. The predicted molar refractivity (Wildman–Crippen MR) is 48.8 cm³/mol. The molecule has 0 spiro atoms. The fourth-order valence-electron chi connectivity index (χ4n) is 0.712. The average molecular weight is 198 g/mol. The minimum absolute atomic E-state index is 0.365. The van der Waals surface area contributed by atoms with Gasteiger partial charge in [0.1, 0.15) is 0 Å². The van der Waals surface area contributed by atoms with E-state index in [1.54, 1.807) is 0 Å². The van der Waals surface area contributed by atoms with Crippen molar-refractivity contribution in [3.05, 3.63) is 0 Å². The smallest absolute Gasteiger partial charge is 0.321 e. The lowest BCUT2D eigenvalue weighted by molar-refractivity contribution is 0.245. The Morgan fingerprint density at radius 1 is 1.27 bits per heavy atom. The Bertz CT molecular complexity index is 134. The zero-order valence-corrected chi connectivity index (χ0v) is 8.40. The van der Waals surface area contributed by atoms with Crippen LogP contribution >= 0.6 is 6.72 Å². The Balaban J connectivity index is 3.09. The maximum Gasteiger partial charge on any atom is 0.321 e. The first-order valence-corrected chi connectivity index (χ1v) is 6.39. The van der Waals surface area contributed by atoms with Gasteiger partial charge in [-0.2, -0.15) is 0 Å². The fourth-order valence-corrected chi connectivity index (χ4v) is 1.30. The molecule has 0 bridgehead atoms. The van der Waals surface area contributed by atoms with Gasteiger partial charge in [-0.15, -0.1) is 0 Å². The molecule has 5 heteroatoms. The molecule has 0 saturated carbocycles. The normalized spacial score (nSPS) is 11.9. The Kier molecular flexibility index (Phi) is 6.38. The molecule has 0 aliphatic rings. The molecule has 0 heterocycles. The Morgan fingerprint density at radius 3 is 2.36 bits per heavy atom. The summed E-state index contributed by atoms with van der Waals surface area (Å²) in [4.78, 5) is 17.3. The molecule has 2 N–H and O–H groups in total. The van der Waals surface area contributed by atoms with E-state index in [0.717, 1.165) is 25.7 Å². The summed E-state index contributed by atoms with van der Waals surface area (Å²) in [5, 5.41) is 0. The lowest BCUT2D eigenvalue weighted by Crippen LogP contribution is -1.91. The van der Waals surface area contributed by atoms with E-state index < -0.39 is 6.72 Å². The summed E-state index contributed by atoms with van der Waals surface area (Å²) < 4.78 is 4.61. The van der Waals surface area contributed by atoms with E-state index in [9.17, 15) is 0 Å². The summed E-state index contributed by atoms with van der Waals surface area (Å²) in [6.45, 7) is -0.901. The molecule has 68 valence electrons. The number of unbranched alkanes of at least 4 members (excludes halogenated alkanes) is 3. The summed E-state index contributed by atoms with van der Waals surface area (Å²) >= 11 is 4.26. The van der Waals surface area contributed by atoms with Crippen molar-refractivity contribution < 1.29 is 14.3 Å². The molecule has 0 saturated heterocycles. The van der Waals surface area contributed by atoms with Crippen LogP contribution in [0.2, 0.25) is 0 Å². The second-order valence-corrected chi connectivity index (χ2v) is 5.05. The van der Waals surface area contributed by atoms with Crippen molar-refractivity contribution in [1.82, 2.24) is 0 Å². The molecule has 0 unspecified atom stereocenters. The van der Waals surface area contributed by atoms with Crippen molar-refractivity contribution in [2.45, 2.75) is 32.6 Å². The standard InChI is InChI=1S/C6H15O3PS/c1-2-3-4-5-6-9-10(7,8)11/h2-6H2,1H3,(H2,7,8,11). The van der Waals surface area contributed by atoms with Crippen molar-refractivity contribution in [1.29, 1.82) is 0 Å². The quantitative estimate of drug-likeness (QED) is 0.504. The number of rotatable bonds is 6. The van der Waals surface area contributed by atoms with Gasteiger partial charge >= 0.3 is 6.72 Å². The first kappa shape index (κ1) is 11.5. The minimum Gasteiger partial charge on any atom is -0.325 e. The topological polar surface area (TPSA) is 49.7 Å². The van der Waals surface area contributed by atoms with Gasteiger partial charge in [0, 0.05) is 0 Å². The highest BCUT2D eigenvalue weighted by atomic mass is 32.5. The molecule has 0 aromatic heterocycles. The van der Waals surface area contributed by atoms with Crippen molar-refractivity contribution in [3.63, 3.8) is 0 Å². The summed E-state index contributed by atoms with van der Waals surface area (Å²) in [7, 11) is 0. The maximum atomic E-state index is 8.63. The van der Waals surface area contributed by atoms with Crippen LogP contribution in [-0.2, 0) is 16.3 Å². The van der Waals surface area contributed by atoms with Gasteiger partial charge in [-0.3, -0.25) is 0 Å². The second kappa shape index (κ2) is 6.09. The largest absolute Gasteiger partial charge is 0.325 e. The lowest BCUT2D eigenvalue weighted by Gasteiger charge is -2.07. The number of hydrogen-bond donors (Lipinski definition) is 2. The van der Waals surface area contributed by atoms with Gasteiger partial charge in [0.2, 0.25) is 0 Å². The minimum atomic E-state index is -3.38. The first-order valence-electron chi connectivity index (χ1n) is 3.76. The Labute approximate surface area is 72.6 Å². The molecule has 0 radical (unpaired) electrons. The van der Waals surface area contributed by atoms with E-state index in [2.05, 4.69) is 23.3 Å².